The highest BCUT2D eigenvalue weighted by atomic mass is 16.5. The molecule has 0 atom stereocenters. The number of aromatic nitrogens is 2. The van der Waals surface area contributed by atoms with Gasteiger partial charge in [0.2, 0.25) is 5.88 Å². The fourth-order valence-corrected chi connectivity index (χ4v) is 1.61. The standard InChI is InChI=1S/C13H17N5O/c1-8(2)9-3-5-10(6-4-9)19-13-11(14)12(18-15)16-7-17-13/h3-8H,14-15H2,1-2H3,(H,16,17,18). The third kappa shape index (κ3) is 2.92. The first-order chi connectivity index (χ1) is 9.11. The molecule has 0 fully saturated rings. The maximum absolute atomic E-state index is 5.83. The van der Waals surface area contributed by atoms with Gasteiger partial charge >= 0.3 is 0 Å². The summed E-state index contributed by atoms with van der Waals surface area (Å²) in [6.45, 7) is 4.27. The molecule has 0 aliphatic heterocycles. The van der Waals surface area contributed by atoms with Gasteiger partial charge in [-0.1, -0.05) is 26.0 Å². The van der Waals surface area contributed by atoms with Crippen LogP contribution in [0.15, 0.2) is 30.6 Å². The molecule has 5 N–H and O–H groups in total. The molecule has 0 saturated carbocycles. The Kier molecular flexibility index (Phi) is 3.82. The van der Waals surface area contributed by atoms with E-state index in [-0.39, 0.29) is 11.6 Å². The van der Waals surface area contributed by atoms with Gasteiger partial charge in [0.1, 0.15) is 17.8 Å². The zero-order valence-electron chi connectivity index (χ0n) is 10.9. The summed E-state index contributed by atoms with van der Waals surface area (Å²) in [4.78, 5) is 7.87. The van der Waals surface area contributed by atoms with Crippen molar-refractivity contribution in [3.8, 4) is 11.6 Å². The molecule has 0 spiro atoms. The molecular formula is C13H17N5O. The second-order valence-electron chi connectivity index (χ2n) is 4.41. The summed E-state index contributed by atoms with van der Waals surface area (Å²) < 4.78 is 5.61. The molecule has 6 heteroatoms. The lowest BCUT2D eigenvalue weighted by atomic mass is 10.0. The number of hydrogen-bond acceptors (Lipinski definition) is 6. The average molecular weight is 259 g/mol. The lowest BCUT2D eigenvalue weighted by Crippen LogP contribution is -2.12. The fraction of sp³-hybridized carbons (Fsp3) is 0.231. The molecule has 19 heavy (non-hydrogen) atoms. The predicted octanol–water partition coefficient (Wildman–Crippen LogP) is 2.26. The van der Waals surface area contributed by atoms with Crippen molar-refractivity contribution in [1.82, 2.24) is 9.97 Å². The molecule has 0 unspecified atom stereocenters. The summed E-state index contributed by atoms with van der Waals surface area (Å²) in [5.74, 6) is 7.05. The maximum Gasteiger partial charge on any atom is 0.248 e. The van der Waals surface area contributed by atoms with Crippen molar-refractivity contribution in [2.75, 3.05) is 11.2 Å². The number of nitrogens with zero attached hydrogens (tertiary/aromatic N) is 2. The van der Waals surface area contributed by atoms with Crippen molar-refractivity contribution in [1.29, 1.82) is 0 Å². The van der Waals surface area contributed by atoms with Crippen LogP contribution in [0.3, 0.4) is 0 Å². The third-order valence-corrected chi connectivity index (χ3v) is 2.75. The lowest BCUT2D eigenvalue weighted by Gasteiger charge is -2.10. The number of benzene rings is 1. The van der Waals surface area contributed by atoms with Crippen molar-refractivity contribution in [2.45, 2.75) is 19.8 Å². The summed E-state index contributed by atoms with van der Waals surface area (Å²) in [7, 11) is 0. The Morgan fingerprint density at radius 1 is 1.16 bits per heavy atom. The lowest BCUT2D eigenvalue weighted by molar-refractivity contribution is 0.464. The van der Waals surface area contributed by atoms with Crippen LogP contribution < -0.4 is 21.7 Å². The number of rotatable bonds is 4. The van der Waals surface area contributed by atoms with E-state index in [1.54, 1.807) is 0 Å². The topological polar surface area (TPSA) is 99.1 Å². The van der Waals surface area contributed by atoms with Gasteiger partial charge in [0, 0.05) is 0 Å². The van der Waals surface area contributed by atoms with E-state index in [1.807, 2.05) is 24.3 Å². The Labute approximate surface area is 111 Å². The van der Waals surface area contributed by atoms with E-state index in [1.165, 1.54) is 11.9 Å². The first-order valence-corrected chi connectivity index (χ1v) is 5.96. The van der Waals surface area contributed by atoms with Crippen molar-refractivity contribution in [2.24, 2.45) is 5.84 Å². The monoisotopic (exact) mass is 259 g/mol. The van der Waals surface area contributed by atoms with E-state index in [9.17, 15) is 0 Å². The SMILES string of the molecule is CC(C)c1ccc(Oc2ncnc(NN)c2N)cc1. The van der Waals surface area contributed by atoms with E-state index >= 15 is 0 Å². The normalized spacial score (nSPS) is 10.5. The van der Waals surface area contributed by atoms with Gasteiger partial charge in [0.05, 0.1) is 0 Å². The van der Waals surface area contributed by atoms with Crippen molar-refractivity contribution < 1.29 is 4.74 Å². The molecule has 2 aromatic rings. The molecule has 2 rings (SSSR count). The van der Waals surface area contributed by atoms with Gasteiger partial charge in [0.25, 0.3) is 0 Å². The highest BCUT2D eigenvalue weighted by Crippen LogP contribution is 2.29. The molecule has 100 valence electrons. The molecule has 0 amide bonds. The number of anilines is 2. The van der Waals surface area contributed by atoms with Gasteiger partial charge < -0.3 is 15.9 Å². The molecule has 0 bridgehead atoms. The van der Waals surface area contributed by atoms with Crippen LogP contribution in [0.25, 0.3) is 0 Å². The maximum atomic E-state index is 5.83. The Hall–Kier alpha value is -2.34. The minimum Gasteiger partial charge on any atom is -0.437 e. The van der Waals surface area contributed by atoms with Gasteiger partial charge in [-0.15, -0.1) is 0 Å². The first-order valence-electron chi connectivity index (χ1n) is 5.96. The fourth-order valence-electron chi connectivity index (χ4n) is 1.61. The van der Waals surface area contributed by atoms with Crippen molar-refractivity contribution >= 4 is 11.5 Å². The van der Waals surface area contributed by atoms with Crippen LogP contribution >= 0.6 is 0 Å². The van der Waals surface area contributed by atoms with Crippen LogP contribution in [0.1, 0.15) is 25.3 Å². The van der Waals surface area contributed by atoms with Crippen LogP contribution in [0.2, 0.25) is 0 Å². The number of nitrogen functional groups attached to an aromatic ring is 2. The largest absolute Gasteiger partial charge is 0.437 e. The van der Waals surface area contributed by atoms with E-state index in [2.05, 4.69) is 29.2 Å². The third-order valence-electron chi connectivity index (χ3n) is 2.75. The van der Waals surface area contributed by atoms with Gasteiger partial charge in [-0.25, -0.2) is 10.8 Å². The second kappa shape index (κ2) is 5.53. The highest BCUT2D eigenvalue weighted by molar-refractivity contribution is 5.66. The van der Waals surface area contributed by atoms with E-state index in [4.69, 9.17) is 16.3 Å². The molecule has 0 saturated heterocycles. The van der Waals surface area contributed by atoms with E-state index < -0.39 is 0 Å². The number of hydrazine groups is 1. The number of hydrogen-bond donors (Lipinski definition) is 3. The summed E-state index contributed by atoms with van der Waals surface area (Å²) in [5.41, 5.74) is 9.74. The van der Waals surface area contributed by atoms with Crippen LogP contribution in [-0.4, -0.2) is 9.97 Å². The summed E-state index contributed by atoms with van der Waals surface area (Å²) in [6, 6.07) is 7.79. The average Bonchev–Trinajstić information content (AvgIpc) is 2.42. The highest BCUT2D eigenvalue weighted by Gasteiger charge is 2.09. The number of nitrogens with two attached hydrogens (primary N) is 2. The minimum atomic E-state index is 0.276. The smallest absolute Gasteiger partial charge is 0.248 e. The molecular weight excluding hydrogens is 242 g/mol. The summed E-state index contributed by atoms with van der Waals surface area (Å²) in [5, 5.41) is 0. The van der Waals surface area contributed by atoms with Crippen molar-refractivity contribution in [3.05, 3.63) is 36.2 Å². The van der Waals surface area contributed by atoms with Crippen molar-refractivity contribution in [3.63, 3.8) is 0 Å². The van der Waals surface area contributed by atoms with Crippen LogP contribution in [0.4, 0.5) is 11.5 Å². The molecule has 6 nitrogen and oxygen atoms in total. The first kappa shape index (κ1) is 13.1. The Bertz CT molecular complexity index is 553. The zero-order chi connectivity index (χ0) is 13.8. The second-order valence-corrected chi connectivity index (χ2v) is 4.41. The summed E-state index contributed by atoms with van der Waals surface area (Å²) >= 11 is 0. The number of ether oxygens (including phenoxy) is 1. The number of nitrogens with one attached hydrogen (secondary N) is 1. The Morgan fingerprint density at radius 3 is 2.42 bits per heavy atom. The molecule has 0 aliphatic carbocycles. The Morgan fingerprint density at radius 2 is 1.84 bits per heavy atom. The molecule has 0 aliphatic rings. The van der Waals surface area contributed by atoms with Gasteiger partial charge in [-0.05, 0) is 23.6 Å². The Balaban J connectivity index is 2.21. The van der Waals surface area contributed by atoms with Gasteiger partial charge in [-0.2, -0.15) is 4.98 Å². The van der Waals surface area contributed by atoms with Crippen LogP contribution in [0, 0.1) is 0 Å². The summed E-state index contributed by atoms with van der Waals surface area (Å²) in [6.07, 6.45) is 1.34. The minimum absolute atomic E-state index is 0.276. The van der Waals surface area contributed by atoms with E-state index in [0.29, 0.717) is 17.5 Å². The van der Waals surface area contributed by atoms with Gasteiger partial charge in [-0.3, -0.25) is 0 Å². The quantitative estimate of drug-likeness (QED) is 0.575. The molecule has 1 aromatic carbocycles. The van der Waals surface area contributed by atoms with Gasteiger partial charge in [0.15, 0.2) is 5.82 Å². The molecule has 0 radical (unpaired) electrons. The molecule has 1 aromatic heterocycles. The van der Waals surface area contributed by atoms with Crippen LogP contribution in [0.5, 0.6) is 11.6 Å². The van der Waals surface area contributed by atoms with Crippen LogP contribution in [-0.2, 0) is 0 Å². The van der Waals surface area contributed by atoms with E-state index in [0.717, 1.165) is 0 Å². The zero-order valence-corrected chi connectivity index (χ0v) is 10.9. The predicted molar refractivity (Wildman–Crippen MR) is 74.9 cm³/mol. The molecule has 1 heterocycles.